The van der Waals surface area contributed by atoms with Crippen molar-refractivity contribution in [3.05, 3.63) is 82.5 Å². The molecule has 5 N–H and O–H groups in total. The lowest BCUT2D eigenvalue weighted by atomic mass is 10.1. The maximum atomic E-state index is 13.3. The number of benzene rings is 3. The van der Waals surface area contributed by atoms with Crippen LogP contribution >= 0.6 is 11.6 Å². The summed E-state index contributed by atoms with van der Waals surface area (Å²) in [7, 11) is -3.59. The number of sulfone groups is 1. The van der Waals surface area contributed by atoms with Crippen LogP contribution in [0.5, 0.6) is 5.75 Å². The fourth-order valence-corrected chi connectivity index (χ4v) is 9.61. The second-order valence-electron chi connectivity index (χ2n) is 17.4. The molecular formula is C48H61ClN10O9S. The number of anilines is 6. The van der Waals surface area contributed by atoms with Gasteiger partial charge < -0.3 is 45.7 Å². The number of hydrogen-bond acceptors (Lipinski definition) is 16. The van der Waals surface area contributed by atoms with Gasteiger partial charge in [-0.1, -0.05) is 29.8 Å². The molecule has 370 valence electrons. The molecule has 2 saturated heterocycles. The first kappa shape index (κ1) is 50.8. The first-order chi connectivity index (χ1) is 33.1. The van der Waals surface area contributed by atoms with Gasteiger partial charge in [0.05, 0.1) is 77.9 Å². The van der Waals surface area contributed by atoms with E-state index in [1.165, 1.54) is 6.20 Å². The van der Waals surface area contributed by atoms with Crippen LogP contribution in [0.15, 0.2) is 65.7 Å². The van der Waals surface area contributed by atoms with Gasteiger partial charge in [-0.15, -0.1) is 0 Å². The molecule has 4 heterocycles. The Balaban J connectivity index is 0.811. The minimum Gasteiger partial charge on any atom is -0.489 e. The highest BCUT2D eigenvalue weighted by molar-refractivity contribution is 7.92. The molecular weight excluding hydrogens is 928 g/mol. The summed E-state index contributed by atoms with van der Waals surface area (Å²) >= 11 is 6.50. The summed E-state index contributed by atoms with van der Waals surface area (Å²) in [6.07, 6.45) is 2.43. The van der Waals surface area contributed by atoms with E-state index in [2.05, 4.69) is 53.3 Å². The molecule has 3 aliphatic rings. The maximum Gasteiger partial charge on any atom is 0.264 e. The van der Waals surface area contributed by atoms with Crippen molar-refractivity contribution < 1.29 is 41.8 Å². The smallest absolute Gasteiger partial charge is 0.264 e. The van der Waals surface area contributed by atoms with Crippen LogP contribution in [0.4, 0.5) is 34.5 Å². The number of carbonyl (C=O) groups is 4. The van der Waals surface area contributed by atoms with Crippen molar-refractivity contribution in [3.8, 4) is 5.75 Å². The molecule has 3 aromatic carbocycles. The van der Waals surface area contributed by atoms with Gasteiger partial charge in [0.25, 0.3) is 11.8 Å². The normalized spacial score (nSPS) is 16.5. The van der Waals surface area contributed by atoms with Gasteiger partial charge in [0.2, 0.25) is 17.8 Å². The fourth-order valence-electron chi connectivity index (χ4n) is 8.27. The van der Waals surface area contributed by atoms with Crippen molar-refractivity contribution in [2.24, 2.45) is 0 Å². The van der Waals surface area contributed by atoms with Gasteiger partial charge in [0, 0.05) is 63.3 Å². The number of nitrogens with one attached hydrogen (secondary N) is 5. The second-order valence-corrected chi connectivity index (χ2v) is 20.3. The van der Waals surface area contributed by atoms with E-state index in [0.717, 1.165) is 48.9 Å². The van der Waals surface area contributed by atoms with Gasteiger partial charge >= 0.3 is 0 Å². The van der Waals surface area contributed by atoms with Crippen LogP contribution in [0.3, 0.4) is 0 Å². The number of halogens is 1. The number of nitrogens with zero attached hydrogens (tertiary/aromatic N) is 5. The monoisotopic (exact) mass is 988 g/mol. The molecule has 0 aliphatic carbocycles. The molecule has 7 rings (SSSR count). The highest BCUT2D eigenvalue weighted by Gasteiger charge is 2.44. The van der Waals surface area contributed by atoms with Crippen molar-refractivity contribution >= 4 is 79.6 Å². The van der Waals surface area contributed by atoms with E-state index < -0.39 is 32.9 Å². The highest BCUT2D eigenvalue weighted by atomic mass is 35.5. The first-order valence-corrected chi connectivity index (χ1v) is 25.2. The van der Waals surface area contributed by atoms with Gasteiger partial charge in [-0.2, -0.15) is 4.98 Å². The maximum absolute atomic E-state index is 13.3. The van der Waals surface area contributed by atoms with Crippen LogP contribution in [0.25, 0.3) is 0 Å². The Morgan fingerprint density at radius 1 is 0.899 bits per heavy atom. The van der Waals surface area contributed by atoms with E-state index in [0.29, 0.717) is 68.6 Å². The van der Waals surface area contributed by atoms with Crippen LogP contribution < -0.4 is 36.2 Å². The SMILES string of the molecule is Cc1cc(Nc2ncc(Cl)c(Nc3ccccc3S(=O)(=O)C(C)C)n2)c(OC(C)C)cc1N1CCN(CCOCCOCCNC(=O)CNc2cccc3c2C(=O)N(C2CCCNC2=O)C3=O)CC1. The molecule has 19 nitrogen and oxygen atoms in total. The molecule has 4 amide bonds. The van der Waals surface area contributed by atoms with Crippen LogP contribution in [-0.2, 0) is 28.9 Å². The number of fused-ring (bicyclic) bond motifs is 1. The summed E-state index contributed by atoms with van der Waals surface area (Å²) in [6.45, 7) is 15.7. The summed E-state index contributed by atoms with van der Waals surface area (Å²) in [5.41, 5.74) is 3.86. The molecule has 4 aromatic rings. The third-order valence-electron chi connectivity index (χ3n) is 11.9. The topological polar surface area (TPSA) is 226 Å². The molecule has 0 bridgehead atoms. The average molecular weight is 990 g/mol. The number of aryl methyl sites for hydroxylation is 1. The van der Waals surface area contributed by atoms with Gasteiger partial charge in [-0.3, -0.25) is 29.0 Å². The number of rotatable bonds is 22. The molecule has 21 heteroatoms. The van der Waals surface area contributed by atoms with Crippen LogP contribution in [-0.4, -0.2) is 148 Å². The highest BCUT2D eigenvalue weighted by Crippen LogP contribution is 2.37. The zero-order valence-electron chi connectivity index (χ0n) is 39.6. The summed E-state index contributed by atoms with van der Waals surface area (Å²) in [5.74, 6) is -0.575. The van der Waals surface area contributed by atoms with Crippen molar-refractivity contribution in [1.82, 2.24) is 30.4 Å². The van der Waals surface area contributed by atoms with Crippen molar-refractivity contribution in [1.29, 1.82) is 0 Å². The van der Waals surface area contributed by atoms with E-state index >= 15 is 0 Å². The summed E-state index contributed by atoms with van der Waals surface area (Å²) in [4.78, 5) is 66.3. The molecule has 3 aliphatic heterocycles. The lowest BCUT2D eigenvalue weighted by Gasteiger charge is -2.37. The van der Waals surface area contributed by atoms with Crippen LogP contribution in [0.1, 0.15) is 66.8 Å². The number of aromatic nitrogens is 2. The molecule has 1 unspecified atom stereocenters. The summed E-state index contributed by atoms with van der Waals surface area (Å²) in [6, 6.07) is 14.7. The minimum atomic E-state index is -3.59. The lowest BCUT2D eigenvalue weighted by Crippen LogP contribution is -2.52. The Morgan fingerprint density at radius 3 is 2.38 bits per heavy atom. The predicted molar refractivity (Wildman–Crippen MR) is 264 cm³/mol. The first-order valence-electron chi connectivity index (χ1n) is 23.2. The number of imide groups is 1. The standard InChI is InChI=1S/C48H61ClN10O9S/c1-30(2)68-40-27-39(32(5)26-37(40)55-48-53-28-34(49)44(56-48)54-35-11-6-7-14-41(35)69(64,65)31(3)4)58-19-17-57(18-20-58)21-23-67-25-24-66-22-16-50-42(60)29-52-36-12-8-10-33-43(36)47(63)59(46(33)62)38-13-9-15-51-45(38)61/h6-8,10-12,14,26-28,30-31,38,52H,9,13,15-25,29H2,1-5H3,(H,50,60)(H,51,61)(H2,53,54,55,56). The molecule has 0 radical (unpaired) electrons. The zero-order chi connectivity index (χ0) is 49.2. The van der Waals surface area contributed by atoms with Crippen LogP contribution in [0, 0.1) is 6.92 Å². The number of hydrogen-bond donors (Lipinski definition) is 5. The minimum absolute atomic E-state index is 0.112. The van der Waals surface area contributed by atoms with E-state index in [1.54, 1.807) is 56.3 Å². The van der Waals surface area contributed by atoms with Crippen molar-refractivity contribution in [2.45, 2.75) is 69.8 Å². The number of para-hydroxylation sites is 1. The molecule has 0 saturated carbocycles. The number of piperazine rings is 1. The third-order valence-corrected chi connectivity index (χ3v) is 14.4. The number of ether oxygens (including phenoxy) is 3. The van der Waals surface area contributed by atoms with E-state index in [4.69, 9.17) is 25.8 Å². The van der Waals surface area contributed by atoms with E-state index in [-0.39, 0.29) is 63.8 Å². The number of carbonyl (C=O) groups excluding carboxylic acids is 4. The largest absolute Gasteiger partial charge is 0.489 e. The lowest BCUT2D eigenvalue weighted by molar-refractivity contribution is -0.126. The van der Waals surface area contributed by atoms with Gasteiger partial charge in [-0.05, 0) is 83.4 Å². The molecule has 1 aromatic heterocycles. The Morgan fingerprint density at radius 2 is 1.64 bits per heavy atom. The Bertz CT molecular complexity index is 2630. The van der Waals surface area contributed by atoms with Gasteiger partial charge in [0.15, 0.2) is 15.7 Å². The Kier molecular flexibility index (Phi) is 17.0. The van der Waals surface area contributed by atoms with Crippen molar-refractivity contribution in [3.63, 3.8) is 0 Å². The average Bonchev–Trinajstić information content (AvgIpc) is 3.58. The Labute approximate surface area is 407 Å². The van der Waals surface area contributed by atoms with Gasteiger partial charge in [-0.25, -0.2) is 13.4 Å². The molecule has 69 heavy (non-hydrogen) atoms. The molecule has 0 spiro atoms. The number of piperidine rings is 1. The zero-order valence-corrected chi connectivity index (χ0v) is 41.2. The Hall–Kier alpha value is -6.06. The van der Waals surface area contributed by atoms with Gasteiger partial charge in [0.1, 0.15) is 16.8 Å². The number of amides is 4. The van der Waals surface area contributed by atoms with E-state index in [1.807, 2.05) is 26.0 Å². The van der Waals surface area contributed by atoms with Crippen molar-refractivity contribution in [2.75, 3.05) is 99.6 Å². The molecule has 1 atom stereocenters. The second kappa shape index (κ2) is 23.0. The third kappa shape index (κ3) is 12.4. The fraction of sp³-hybridized carbons (Fsp3) is 0.458. The summed E-state index contributed by atoms with van der Waals surface area (Å²) in [5, 5.41) is 14.5. The predicted octanol–water partition coefficient (Wildman–Crippen LogP) is 5.15. The summed E-state index contributed by atoms with van der Waals surface area (Å²) < 4.78 is 44.0. The van der Waals surface area contributed by atoms with E-state index in [9.17, 15) is 27.6 Å². The quantitative estimate of drug-likeness (QED) is 0.0507. The molecule has 2 fully saturated rings. The van der Waals surface area contributed by atoms with Crippen LogP contribution in [0.2, 0.25) is 5.02 Å².